The van der Waals surface area contributed by atoms with Crippen LogP contribution in [-0.4, -0.2) is 50.1 Å². The number of benzene rings is 1. The number of amides is 2. The highest BCUT2D eigenvalue weighted by atomic mass is 16.5. The second-order valence-corrected chi connectivity index (χ2v) is 4.38. The Balaban J connectivity index is 2.21. The van der Waals surface area contributed by atoms with Crippen LogP contribution in [0.3, 0.4) is 0 Å². The smallest absolute Gasteiger partial charge is 0.254 e. The molecule has 0 aromatic heterocycles. The predicted molar refractivity (Wildman–Crippen MR) is 73.1 cm³/mol. The van der Waals surface area contributed by atoms with Crippen LogP contribution in [0.4, 0.5) is 0 Å². The van der Waals surface area contributed by atoms with Crippen LogP contribution in [0.15, 0.2) is 18.2 Å². The monoisotopic (exact) mass is 278 g/mol. The molecule has 1 aromatic carbocycles. The number of nitrogens with one attached hydrogen (secondary N) is 1. The second kappa shape index (κ2) is 6.27. The number of piperazine rings is 1. The SMILES string of the molecule is CCOc1cc(C(=O)N2CCNC(=O)C2)ccc1OC. The second-order valence-electron chi connectivity index (χ2n) is 4.38. The van der Waals surface area contributed by atoms with Crippen LogP contribution in [0.2, 0.25) is 0 Å². The van der Waals surface area contributed by atoms with Gasteiger partial charge in [0.2, 0.25) is 5.91 Å². The Hall–Kier alpha value is -2.24. The zero-order valence-electron chi connectivity index (χ0n) is 11.6. The maximum Gasteiger partial charge on any atom is 0.254 e. The molecule has 0 radical (unpaired) electrons. The Morgan fingerprint density at radius 1 is 1.40 bits per heavy atom. The van der Waals surface area contributed by atoms with Gasteiger partial charge in [0.05, 0.1) is 20.3 Å². The minimum Gasteiger partial charge on any atom is -0.493 e. The van der Waals surface area contributed by atoms with Crippen molar-refractivity contribution < 1.29 is 19.1 Å². The van der Waals surface area contributed by atoms with Crippen LogP contribution in [0.1, 0.15) is 17.3 Å². The van der Waals surface area contributed by atoms with Gasteiger partial charge in [-0.3, -0.25) is 9.59 Å². The van der Waals surface area contributed by atoms with Crippen LogP contribution >= 0.6 is 0 Å². The average Bonchev–Trinajstić information content (AvgIpc) is 2.47. The topological polar surface area (TPSA) is 67.9 Å². The number of carbonyl (C=O) groups is 2. The van der Waals surface area contributed by atoms with Crippen molar-refractivity contribution in [2.75, 3.05) is 33.4 Å². The number of ether oxygens (including phenoxy) is 2. The van der Waals surface area contributed by atoms with Gasteiger partial charge < -0.3 is 19.7 Å². The van der Waals surface area contributed by atoms with E-state index in [0.717, 1.165) is 0 Å². The summed E-state index contributed by atoms with van der Waals surface area (Å²) in [4.78, 5) is 25.2. The van der Waals surface area contributed by atoms with Gasteiger partial charge in [-0.15, -0.1) is 0 Å². The van der Waals surface area contributed by atoms with Gasteiger partial charge in [-0.05, 0) is 25.1 Å². The molecule has 0 bridgehead atoms. The van der Waals surface area contributed by atoms with Crippen molar-refractivity contribution in [3.05, 3.63) is 23.8 Å². The first-order chi connectivity index (χ1) is 9.65. The van der Waals surface area contributed by atoms with Gasteiger partial charge >= 0.3 is 0 Å². The van der Waals surface area contributed by atoms with Crippen LogP contribution < -0.4 is 14.8 Å². The molecule has 2 amide bonds. The first-order valence-electron chi connectivity index (χ1n) is 6.52. The minimum absolute atomic E-state index is 0.0921. The molecule has 1 saturated heterocycles. The fourth-order valence-corrected chi connectivity index (χ4v) is 2.07. The summed E-state index contributed by atoms with van der Waals surface area (Å²) >= 11 is 0. The average molecular weight is 278 g/mol. The summed E-state index contributed by atoms with van der Waals surface area (Å²) in [6.45, 7) is 3.44. The standard InChI is InChI=1S/C14H18N2O4/c1-3-20-12-8-10(4-5-11(12)19-2)14(18)16-7-6-15-13(17)9-16/h4-5,8H,3,6-7,9H2,1-2H3,(H,15,17). The van der Waals surface area contributed by atoms with Crippen molar-refractivity contribution in [3.63, 3.8) is 0 Å². The lowest BCUT2D eigenvalue weighted by molar-refractivity contribution is -0.123. The van der Waals surface area contributed by atoms with E-state index in [2.05, 4.69) is 5.32 Å². The predicted octanol–water partition coefficient (Wildman–Crippen LogP) is 0.666. The number of methoxy groups -OCH3 is 1. The van der Waals surface area contributed by atoms with Crippen molar-refractivity contribution in [3.8, 4) is 11.5 Å². The molecule has 1 heterocycles. The normalized spacial score (nSPS) is 14.7. The van der Waals surface area contributed by atoms with Crippen LogP contribution in [0.5, 0.6) is 11.5 Å². The van der Waals surface area contributed by atoms with Gasteiger partial charge in [0.1, 0.15) is 0 Å². The van der Waals surface area contributed by atoms with E-state index in [9.17, 15) is 9.59 Å². The number of carbonyl (C=O) groups excluding carboxylic acids is 2. The van der Waals surface area contributed by atoms with Crippen molar-refractivity contribution >= 4 is 11.8 Å². The first-order valence-corrected chi connectivity index (χ1v) is 6.52. The van der Waals surface area contributed by atoms with Crippen molar-refractivity contribution in [1.29, 1.82) is 0 Å². The number of hydrogen-bond donors (Lipinski definition) is 1. The molecule has 1 fully saturated rings. The van der Waals surface area contributed by atoms with Gasteiger partial charge in [0.15, 0.2) is 11.5 Å². The molecule has 108 valence electrons. The Bertz CT molecular complexity index is 516. The number of hydrogen-bond acceptors (Lipinski definition) is 4. The summed E-state index contributed by atoms with van der Waals surface area (Å²) in [5.41, 5.74) is 0.490. The van der Waals surface area contributed by atoms with E-state index in [1.54, 1.807) is 25.3 Å². The summed E-state index contributed by atoms with van der Waals surface area (Å²) in [6, 6.07) is 5.02. The maximum absolute atomic E-state index is 12.4. The largest absolute Gasteiger partial charge is 0.493 e. The van der Waals surface area contributed by atoms with E-state index in [4.69, 9.17) is 9.47 Å². The van der Waals surface area contributed by atoms with Crippen LogP contribution in [-0.2, 0) is 4.79 Å². The Kier molecular flexibility index (Phi) is 4.45. The summed E-state index contributed by atoms with van der Waals surface area (Å²) in [5, 5.41) is 2.69. The number of rotatable bonds is 4. The first kappa shape index (κ1) is 14.2. The molecule has 0 saturated carbocycles. The summed E-state index contributed by atoms with van der Waals surface area (Å²) in [7, 11) is 1.55. The Labute approximate surface area is 117 Å². The van der Waals surface area contributed by atoms with E-state index < -0.39 is 0 Å². The molecule has 1 N–H and O–H groups in total. The Morgan fingerprint density at radius 2 is 2.20 bits per heavy atom. The van der Waals surface area contributed by atoms with Gasteiger partial charge in [0, 0.05) is 18.7 Å². The molecule has 0 atom stereocenters. The molecule has 1 aliphatic heterocycles. The molecule has 1 aliphatic rings. The molecule has 20 heavy (non-hydrogen) atoms. The molecule has 0 unspecified atom stereocenters. The quantitative estimate of drug-likeness (QED) is 0.879. The van der Waals surface area contributed by atoms with E-state index in [1.165, 1.54) is 4.90 Å². The zero-order chi connectivity index (χ0) is 14.5. The summed E-state index contributed by atoms with van der Waals surface area (Å²) < 4.78 is 10.6. The number of nitrogens with zero attached hydrogens (tertiary/aromatic N) is 1. The van der Waals surface area contributed by atoms with Gasteiger partial charge in [-0.2, -0.15) is 0 Å². The molecular weight excluding hydrogens is 260 g/mol. The molecule has 1 aromatic rings. The van der Waals surface area contributed by atoms with E-state index >= 15 is 0 Å². The molecule has 0 spiro atoms. The molecule has 0 aliphatic carbocycles. The fourth-order valence-electron chi connectivity index (χ4n) is 2.07. The van der Waals surface area contributed by atoms with Gasteiger partial charge in [0.25, 0.3) is 5.91 Å². The fraction of sp³-hybridized carbons (Fsp3) is 0.429. The van der Waals surface area contributed by atoms with E-state index in [1.807, 2.05) is 6.92 Å². The highest BCUT2D eigenvalue weighted by Gasteiger charge is 2.23. The highest BCUT2D eigenvalue weighted by molar-refractivity contribution is 5.97. The maximum atomic E-state index is 12.4. The van der Waals surface area contributed by atoms with E-state index in [-0.39, 0.29) is 18.4 Å². The van der Waals surface area contributed by atoms with Gasteiger partial charge in [-0.1, -0.05) is 0 Å². The lowest BCUT2D eigenvalue weighted by Gasteiger charge is -2.26. The molecule has 6 heteroatoms. The third kappa shape index (κ3) is 3.01. The summed E-state index contributed by atoms with van der Waals surface area (Å²) in [5.74, 6) is 0.800. The van der Waals surface area contributed by atoms with Crippen molar-refractivity contribution in [2.45, 2.75) is 6.92 Å². The minimum atomic E-state index is -0.177. The van der Waals surface area contributed by atoms with Crippen LogP contribution in [0, 0.1) is 0 Å². The van der Waals surface area contributed by atoms with Crippen molar-refractivity contribution in [2.24, 2.45) is 0 Å². The van der Waals surface area contributed by atoms with Gasteiger partial charge in [-0.25, -0.2) is 0 Å². The molecule has 2 rings (SSSR count). The molecule has 6 nitrogen and oxygen atoms in total. The zero-order valence-corrected chi connectivity index (χ0v) is 11.6. The van der Waals surface area contributed by atoms with E-state index in [0.29, 0.717) is 36.8 Å². The highest BCUT2D eigenvalue weighted by Crippen LogP contribution is 2.28. The lowest BCUT2D eigenvalue weighted by atomic mass is 10.1. The summed E-state index contributed by atoms with van der Waals surface area (Å²) in [6.07, 6.45) is 0. The lowest BCUT2D eigenvalue weighted by Crippen LogP contribution is -2.49. The van der Waals surface area contributed by atoms with Crippen molar-refractivity contribution in [1.82, 2.24) is 10.2 Å². The molecular formula is C14H18N2O4. The third-order valence-electron chi connectivity index (χ3n) is 3.04. The van der Waals surface area contributed by atoms with Crippen LogP contribution in [0.25, 0.3) is 0 Å². The third-order valence-corrected chi connectivity index (χ3v) is 3.04. The Morgan fingerprint density at radius 3 is 2.85 bits per heavy atom.